The number of aromatic nitrogens is 1. The molecule has 2 N–H and O–H groups in total. The highest BCUT2D eigenvalue weighted by Gasteiger charge is 2.15. The van der Waals surface area contributed by atoms with Gasteiger partial charge in [-0.2, -0.15) is 0 Å². The highest BCUT2D eigenvalue weighted by Crippen LogP contribution is 2.06. The predicted molar refractivity (Wildman–Crippen MR) is 58.3 cm³/mol. The third kappa shape index (κ3) is 5.34. The van der Waals surface area contributed by atoms with Gasteiger partial charge in [-0.25, -0.2) is 10.2 Å². The Morgan fingerprint density at radius 2 is 2.33 bits per heavy atom. The van der Waals surface area contributed by atoms with Crippen molar-refractivity contribution in [2.75, 3.05) is 0 Å². The Morgan fingerprint density at radius 3 is 2.87 bits per heavy atom. The van der Waals surface area contributed by atoms with Crippen LogP contribution in [0.25, 0.3) is 0 Å². The Kier molecular flexibility index (Phi) is 4.05. The van der Waals surface area contributed by atoms with Crippen LogP contribution >= 0.6 is 11.3 Å². The number of hydrogen-bond acceptors (Lipinski definition) is 5. The lowest BCUT2D eigenvalue weighted by molar-refractivity contribution is 0.0497. The van der Waals surface area contributed by atoms with E-state index in [4.69, 9.17) is 4.74 Å². The minimum absolute atomic E-state index is 0.476. The fourth-order valence-corrected chi connectivity index (χ4v) is 1.37. The van der Waals surface area contributed by atoms with Crippen molar-refractivity contribution in [2.45, 2.75) is 32.9 Å². The van der Waals surface area contributed by atoms with E-state index in [9.17, 15) is 4.79 Å². The molecule has 0 unspecified atom stereocenters. The lowest BCUT2D eigenvalue weighted by atomic mass is 10.2. The lowest BCUT2D eigenvalue weighted by Crippen LogP contribution is -2.40. The summed E-state index contributed by atoms with van der Waals surface area (Å²) in [5, 5.41) is 0. The smallest absolute Gasteiger partial charge is 0.422 e. The van der Waals surface area contributed by atoms with Gasteiger partial charge in [-0.15, -0.1) is 11.3 Å². The second-order valence-electron chi connectivity index (χ2n) is 3.95. The van der Waals surface area contributed by atoms with Gasteiger partial charge in [0.2, 0.25) is 0 Å². The van der Waals surface area contributed by atoms with E-state index in [-0.39, 0.29) is 0 Å². The van der Waals surface area contributed by atoms with Crippen molar-refractivity contribution in [2.24, 2.45) is 0 Å². The second kappa shape index (κ2) is 5.09. The first-order chi connectivity index (χ1) is 6.97. The largest absolute Gasteiger partial charge is 0.443 e. The van der Waals surface area contributed by atoms with E-state index in [1.807, 2.05) is 20.8 Å². The van der Waals surface area contributed by atoms with E-state index in [0.29, 0.717) is 6.54 Å². The zero-order valence-electron chi connectivity index (χ0n) is 9.03. The van der Waals surface area contributed by atoms with Gasteiger partial charge in [-0.3, -0.25) is 10.4 Å². The van der Waals surface area contributed by atoms with Crippen LogP contribution in [-0.4, -0.2) is 16.7 Å². The normalized spacial score (nSPS) is 11.1. The number of ether oxygens (including phenoxy) is 1. The Bertz CT molecular complexity index is 306. The van der Waals surface area contributed by atoms with Gasteiger partial charge in [0, 0.05) is 11.1 Å². The molecular formula is C9H15N3O2S. The molecular weight excluding hydrogens is 214 g/mol. The summed E-state index contributed by atoms with van der Waals surface area (Å²) >= 11 is 1.52. The summed E-state index contributed by atoms with van der Waals surface area (Å²) in [6.45, 7) is 5.99. The molecule has 0 saturated carbocycles. The van der Waals surface area contributed by atoms with Crippen LogP contribution in [0, 0.1) is 0 Å². The van der Waals surface area contributed by atoms with E-state index >= 15 is 0 Å². The number of carbonyl (C=O) groups is 1. The molecule has 1 rings (SSSR count). The Hall–Kier alpha value is -1.14. The van der Waals surface area contributed by atoms with Crippen LogP contribution in [0.5, 0.6) is 0 Å². The van der Waals surface area contributed by atoms with E-state index in [1.165, 1.54) is 11.3 Å². The molecule has 0 aliphatic carbocycles. The number of hydrazine groups is 1. The molecule has 1 aromatic heterocycles. The second-order valence-corrected chi connectivity index (χ2v) is 4.92. The van der Waals surface area contributed by atoms with Crippen molar-refractivity contribution in [1.29, 1.82) is 0 Å². The number of carbonyl (C=O) groups excluding carboxylic acids is 1. The molecule has 1 aromatic rings. The van der Waals surface area contributed by atoms with Crippen LogP contribution in [-0.2, 0) is 11.3 Å². The number of hydrogen-bond donors (Lipinski definition) is 2. The fraction of sp³-hybridized carbons (Fsp3) is 0.556. The van der Waals surface area contributed by atoms with Crippen molar-refractivity contribution in [3.05, 3.63) is 16.6 Å². The van der Waals surface area contributed by atoms with Gasteiger partial charge in [-0.1, -0.05) is 0 Å². The summed E-state index contributed by atoms with van der Waals surface area (Å²) in [5.41, 5.74) is 6.47. The first-order valence-electron chi connectivity index (χ1n) is 4.56. The minimum Gasteiger partial charge on any atom is -0.443 e. The summed E-state index contributed by atoms with van der Waals surface area (Å²) in [4.78, 5) is 16.1. The molecule has 84 valence electrons. The molecule has 15 heavy (non-hydrogen) atoms. The molecule has 0 aliphatic heterocycles. The maximum Gasteiger partial charge on any atom is 0.422 e. The quantitative estimate of drug-likeness (QED) is 0.774. The fourth-order valence-electron chi connectivity index (χ4n) is 0.837. The Morgan fingerprint density at radius 1 is 1.60 bits per heavy atom. The van der Waals surface area contributed by atoms with Crippen molar-refractivity contribution in [3.8, 4) is 0 Å². The van der Waals surface area contributed by atoms with Crippen LogP contribution in [0.15, 0.2) is 11.7 Å². The van der Waals surface area contributed by atoms with Crippen molar-refractivity contribution in [1.82, 2.24) is 15.8 Å². The zero-order chi connectivity index (χ0) is 11.3. The van der Waals surface area contributed by atoms with Crippen LogP contribution in [0.3, 0.4) is 0 Å². The summed E-state index contributed by atoms with van der Waals surface area (Å²) in [6.07, 6.45) is 1.26. The third-order valence-corrected chi connectivity index (χ3v) is 2.12. The molecule has 0 radical (unpaired) electrons. The summed E-state index contributed by atoms with van der Waals surface area (Å²) in [7, 11) is 0. The molecule has 0 spiro atoms. The van der Waals surface area contributed by atoms with Gasteiger partial charge in [0.15, 0.2) is 0 Å². The van der Waals surface area contributed by atoms with Gasteiger partial charge in [0.05, 0.1) is 12.1 Å². The standard InChI is InChI=1S/C9H15N3O2S/c1-9(2,3)14-8(13)12-11-5-7-4-10-6-15-7/h4,6,11H,5H2,1-3H3,(H,12,13). The lowest BCUT2D eigenvalue weighted by Gasteiger charge is -2.19. The first-order valence-corrected chi connectivity index (χ1v) is 5.44. The van der Waals surface area contributed by atoms with Gasteiger partial charge < -0.3 is 4.74 Å². The molecule has 0 aliphatic rings. The van der Waals surface area contributed by atoms with Gasteiger partial charge >= 0.3 is 6.09 Å². The number of thiazole rings is 1. The number of nitrogens with zero attached hydrogens (tertiary/aromatic N) is 1. The van der Waals surface area contributed by atoms with E-state index < -0.39 is 11.7 Å². The molecule has 5 nitrogen and oxygen atoms in total. The van der Waals surface area contributed by atoms with Gasteiger partial charge in [0.25, 0.3) is 0 Å². The van der Waals surface area contributed by atoms with Gasteiger partial charge in [0.1, 0.15) is 5.60 Å². The van der Waals surface area contributed by atoms with Crippen molar-refractivity contribution in [3.63, 3.8) is 0 Å². The molecule has 0 saturated heterocycles. The molecule has 1 amide bonds. The highest BCUT2D eigenvalue weighted by atomic mass is 32.1. The minimum atomic E-state index is -0.480. The monoisotopic (exact) mass is 229 g/mol. The summed E-state index contributed by atoms with van der Waals surface area (Å²) in [6, 6.07) is 0. The van der Waals surface area contributed by atoms with E-state index in [0.717, 1.165) is 4.88 Å². The molecule has 1 heterocycles. The molecule has 0 aromatic carbocycles. The van der Waals surface area contributed by atoms with Crippen LogP contribution < -0.4 is 10.9 Å². The van der Waals surface area contributed by atoms with Crippen LogP contribution in [0.4, 0.5) is 4.79 Å². The zero-order valence-corrected chi connectivity index (χ0v) is 9.85. The molecule has 0 atom stereocenters. The predicted octanol–water partition coefficient (Wildman–Crippen LogP) is 1.67. The number of nitrogens with one attached hydrogen (secondary N) is 2. The van der Waals surface area contributed by atoms with Gasteiger partial charge in [-0.05, 0) is 20.8 Å². The van der Waals surface area contributed by atoms with Crippen molar-refractivity contribution < 1.29 is 9.53 Å². The Balaban J connectivity index is 2.18. The Labute approximate surface area is 92.8 Å². The molecule has 0 bridgehead atoms. The first kappa shape index (κ1) is 11.9. The summed E-state index contributed by atoms with van der Waals surface area (Å²) in [5.74, 6) is 0. The van der Waals surface area contributed by atoms with E-state index in [1.54, 1.807) is 11.7 Å². The highest BCUT2D eigenvalue weighted by molar-refractivity contribution is 7.09. The van der Waals surface area contributed by atoms with Crippen LogP contribution in [0.2, 0.25) is 0 Å². The molecule has 6 heteroatoms. The number of amides is 1. The SMILES string of the molecule is CC(C)(C)OC(=O)NNCc1cncs1. The average Bonchev–Trinajstić information content (AvgIpc) is 2.53. The van der Waals surface area contributed by atoms with E-state index in [2.05, 4.69) is 15.8 Å². The summed E-state index contributed by atoms with van der Waals surface area (Å²) < 4.78 is 5.03. The topological polar surface area (TPSA) is 63.2 Å². The van der Waals surface area contributed by atoms with Crippen LogP contribution in [0.1, 0.15) is 25.6 Å². The average molecular weight is 229 g/mol. The van der Waals surface area contributed by atoms with Crippen molar-refractivity contribution >= 4 is 17.4 Å². The third-order valence-electron chi connectivity index (χ3n) is 1.34. The molecule has 0 fully saturated rings. The maximum atomic E-state index is 11.2. The number of rotatable bonds is 3. The maximum absolute atomic E-state index is 11.2.